The van der Waals surface area contributed by atoms with Gasteiger partial charge in [0.15, 0.2) is 5.69 Å². The highest BCUT2D eigenvalue weighted by atomic mass is 16.5. The standard InChI is InChI=1S/C15H15N3O3/c1-3-20-12-7-5-11(6-8-12)18-14(9-16)13(10-17-18)15(19)21-4-2/h5-8,10H,3-4H2,1-2H3. The van der Waals surface area contributed by atoms with E-state index in [1.165, 1.54) is 10.9 Å². The molecule has 0 unspecified atom stereocenters. The van der Waals surface area contributed by atoms with Gasteiger partial charge < -0.3 is 9.47 Å². The molecule has 0 spiro atoms. The fourth-order valence-corrected chi connectivity index (χ4v) is 1.86. The van der Waals surface area contributed by atoms with Gasteiger partial charge in [-0.05, 0) is 38.1 Å². The first-order chi connectivity index (χ1) is 10.2. The van der Waals surface area contributed by atoms with Gasteiger partial charge in [-0.25, -0.2) is 9.48 Å². The second kappa shape index (κ2) is 6.57. The van der Waals surface area contributed by atoms with E-state index in [0.29, 0.717) is 12.3 Å². The molecule has 6 nitrogen and oxygen atoms in total. The Balaban J connectivity index is 2.36. The van der Waals surface area contributed by atoms with Crippen molar-refractivity contribution in [3.05, 3.63) is 41.7 Å². The molecule has 0 amide bonds. The van der Waals surface area contributed by atoms with Gasteiger partial charge >= 0.3 is 5.97 Å². The summed E-state index contributed by atoms with van der Waals surface area (Å²) >= 11 is 0. The van der Waals surface area contributed by atoms with Crippen molar-refractivity contribution in [1.29, 1.82) is 5.26 Å². The predicted molar refractivity (Wildman–Crippen MR) is 75.4 cm³/mol. The summed E-state index contributed by atoms with van der Waals surface area (Å²) in [4.78, 5) is 11.8. The van der Waals surface area contributed by atoms with E-state index in [1.807, 2.05) is 13.0 Å². The van der Waals surface area contributed by atoms with E-state index in [-0.39, 0.29) is 17.9 Å². The Morgan fingerprint density at radius 3 is 2.57 bits per heavy atom. The zero-order valence-electron chi connectivity index (χ0n) is 11.9. The highest BCUT2D eigenvalue weighted by molar-refractivity contribution is 5.91. The third kappa shape index (κ3) is 3.03. The summed E-state index contributed by atoms with van der Waals surface area (Å²) in [6.07, 6.45) is 1.34. The van der Waals surface area contributed by atoms with Crippen LogP contribution in [0.4, 0.5) is 0 Å². The van der Waals surface area contributed by atoms with Crippen molar-refractivity contribution < 1.29 is 14.3 Å². The Morgan fingerprint density at radius 2 is 2.00 bits per heavy atom. The number of carbonyl (C=O) groups excluding carboxylic acids is 1. The molecule has 0 N–H and O–H groups in total. The van der Waals surface area contributed by atoms with Gasteiger partial charge in [-0.2, -0.15) is 10.4 Å². The maximum Gasteiger partial charge on any atom is 0.342 e. The van der Waals surface area contributed by atoms with Crippen LogP contribution in [0.3, 0.4) is 0 Å². The van der Waals surface area contributed by atoms with Crippen LogP contribution in [0.1, 0.15) is 29.9 Å². The summed E-state index contributed by atoms with van der Waals surface area (Å²) in [6, 6.07) is 9.10. The molecule has 0 bridgehead atoms. The number of rotatable bonds is 5. The fourth-order valence-electron chi connectivity index (χ4n) is 1.86. The zero-order chi connectivity index (χ0) is 15.2. The number of nitrogens with zero attached hydrogens (tertiary/aromatic N) is 3. The molecule has 1 aromatic heterocycles. The minimum absolute atomic E-state index is 0.151. The average Bonchev–Trinajstić information content (AvgIpc) is 2.92. The molecular weight excluding hydrogens is 270 g/mol. The van der Waals surface area contributed by atoms with Gasteiger partial charge in [0, 0.05) is 0 Å². The molecule has 0 saturated carbocycles. The molecular formula is C15H15N3O3. The van der Waals surface area contributed by atoms with Crippen molar-refractivity contribution in [2.24, 2.45) is 0 Å². The molecule has 1 heterocycles. The van der Waals surface area contributed by atoms with E-state index in [4.69, 9.17) is 9.47 Å². The van der Waals surface area contributed by atoms with E-state index < -0.39 is 5.97 Å². The quantitative estimate of drug-likeness (QED) is 0.788. The van der Waals surface area contributed by atoms with Crippen molar-refractivity contribution in [2.45, 2.75) is 13.8 Å². The van der Waals surface area contributed by atoms with Gasteiger partial charge in [-0.15, -0.1) is 0 Å². The minimum Gasteiger partial charge on any atom is -0.494 e. The van der Waals surface area contributed by atoms with Crippen LogP contribution < -0.4 is 4.74 Å². The number of benzene rings is 1. The number of nitriles is 1. The number of carbonyl (C=O) groups is 1. The van der Waals surface area contributed by atoms with Crippen LogP contribution in [0.15, 0.2) is 30.5 Å². The number of hydrogen-bond donors (Lipinski definition) is 0. The first-order valence-corrected chi connectivity index (χ1v) is 6.59. The molecule has 0 aliphatic carbocycles. The maximum absolute atomic E-state index is 11.8. The molecule has 0 fully saturated rings. The zero-order valence-corrected chi connectivity index (χ0v) is 11.9. The van der Waals surface area contributed by atoms with Crippen molar-refractivity contribution in [1.82, 2.24) is 9.78 Å². The molecule has 0 aliphatic rings. The first kappa shape index (κ1) is 14.6. The Labute approximate surface area is 122 Å². The lowest BCUT2D eigenvalue weighted by atomic mass is 10.2. The first-order valence-electron chi connectivity index (χ1n) is 6.59. The van der Waals surface area contributed by atoms with Crippen LogP contribution in [-0.4, -0.2) is 29.0 Å². The van der Waals surface area contributed by atoms with E-state index in [9.17, 15) is 10.1 Å². The van der Waals surface area contributed by atoms with Gasteiger partial charge in [0.2, 0.25) is 0 Å². The van der Waals surface area contributed by atoms with E-state index >= 15 is 0 Å². The lowest BCUT2D eigenvalue weighted by Crippen LogP contribution is -2.07. The number of hydrogen-bond acceptors (Lipinski definition) is 5. The largest absolute Gasteiger partial charge is 0.494 e. The molecule has 2 aromatic rings. The highest BCUT2D eigenvalue weighted by Gasteiger charge is 2.19. The summed E-state index contributed by atoms with van der Waals surface area (Å²) in [5, 5.41) is 13.4. The Bertz CT molecular complexity index is 668. The highest BCUT2D eigenvalue weighted by Crippen LogP contribution is 2.18. The second-order valence-corrected chi connectivity index (χ2v) is 4.08. The molecule has 0 saturated heterocycles. The normalized spacial score (nSPS) is 9.95. The Hall–Kier alpha value is -2.81. The van der Waals surface area contributed by atoms with Crippen LogP contribution in [0.25, 0.3) is 5.69 Å². The van der Waals surface area contributed by atoms with Crippen molar-refractivity contribution >= 4 is 5.97 Å². The molecule has 21 heavy (non-hydrogen) atoms. The monoisotopic (exact) mass is 285 g/mol. The van der Waals surface area contributed by atoms with Gasteiger partial charge in [0.25, 0.3) is 0 Å². The smallest absolute Gasteiger partial charge is 0.342 e. The molecule has 0 radical (unpaired) electrons. The van der Waals surface area contributed by atoms with Crippen molar-refractivity contribution in [3.8, 4) is 17.5 Å². The summed E-state index contributed by atoms with van der Waals surface area (Å²) in [5.41, 5.74) is 0.983. The van der Waals surface area contributed by atoms with Gasteiger partial charge in [-0.1, -0.05) is 0 Å². The third-order valence-electron chi connectivity index (χ3n) is 2.76. The minimum atomic E-state index is -0.550. The van der Waals surface area contributed by atoms with E-state index in [2.05, 4.69) is 5.10 Å². The van der Waals surface area contributed by atoms with Gasteiger partial charge in [0.05, 0.1) is 25.1 Å². The number of ether oxygens (including phenoxy) is 2. The van der Waals surface area contributed by atoms with Crippen LogP contribution in [0, 0.1) is 11.3 Å². The lowest BCUT2D eigenvalue weighted by molar-refractivity contribution is 0.0526. The summed E-state index contributed by atoms with van der Waals surface area (Å²) in [6.45, 7) is 4.44. The van der Waals surface area contributed by atoms with Gasteiger partial charge in [0.1, 0.15) is 17.4 Å². The summed E-state index contributed by atoms with van der Waals surface area (Å²) in [5.74, 6) is 0.184. The molecule has 0 atom stereocenters. The van der Waals surface area contributed by atoms with Gasteiger partial charge in [-0.3, -0.25) is 0 Å². The summed E-state index contributed by atoms with van der Waals surface area (Å²) in [7, 11) is 0. The maximum atomic E-state index is 11.8. The number of aromatic nitrogens is 2. The Kier molecular flexibility index (Phi) is 4.57. The van der Waals surface area contributed by atoms with Crippen LogP contribution in [0.5, 0.6) is 5.75 Å². The molecule has 6 heteroatoms. The van der Waals surface area contributed by atoms with Crippen LogP contribution in [-0.2, 0) is 4.74 Å². The SMILES string of the molecule is CCOC(=O)c1cnn(-c2ccc(OCC)cc2)c1C#N. The van der Waals surface area contributed by atoms with Crippen LogP contribution in [0.2, 0.25) is 0 Å². The van der Waals surface area contributed by atoms with Crippen molar-refractivity contribution in [2.75, 3.05) is 13.2 Å². The summed E-state index contributed by atoms with van der Waals surface area (Å²) < 4.78 is 11.7. The topological polar surface area (TPSA) is 77.1 Å². The molecule has 0 aliphatic heterocycles. The van der Waals surface area contributed by atoms with E-state index in [0.717, 1.165) is 5.75 Å². The van der Waals surface area contributed by atoms with Crippen LogP contribution >= 0.6 is 0 Å². The predicted octanol–water partition coefficient (Wildman–Crippen LogP) is 2.32. The fraction of sp³-hybridized carbons (Fsp3) is 0.267. The molecule has 1 aromatic carbocycles. The third-order valence-corrected chi connectivity index (χ3v) is 2.76. The average molecular weight is 285 g/mol. The lowest BCUT2D eigenvalue weighted by Gasteiger charge is -2.06. The second-order valence-electron chi connectivity index (χ2n) is 4.08. The number of esters is 1. The molecule has 2 rings (SSSR count). The van der Waals surface area contributed by atoms with E-state index in [1.54, 1.807) is 31.2 Å². The van der Waals surface area contributed by atoms with Crippen molar-refractivity contribution in [3.63, 3.8) is 0 Å². The molecule has 108 valence electrons. The Morgan fingerprint density at radius 1 is 1.29 bits per heavy atom.